The van der Waals surface area contributed by atoms with E-state index in [4.69, 9.17) is 0 Å². The highest BCUT2D eigenvalue weighted by atomic mass is 79.9. The number of rotatable bonds is 4. The molecule has 4 nitrogen and oxygen atoms in total. The SMILES string of the molecule is O=S(=O)(NCc1cccc(Br)c1)N1CCCCC1. The minimum absolute atomic E-state index is 0.332. The quantitative estimate of drug-likeness (QED) is 0.919. The predicted molar refractivity (Wildman–Crippen MR) is 75.3 cm³/mol. The zero-order valence-corrected chi connectivity index (χ0v) is 12.5. The van der Waals surface area contributed by atoms with E-state index in [0.717, 1.165) is 29.3 Å². The van der Waals surface area contributed by atoms with Crippen LogP contribution in [0.2, 0.25) is 0 Å². The lowest BCUT2D eigenvalue weighted by Gasteiger charge is -2.25. The van der Waals surface area contributed by atoms with Crippen LogP contribution in [0.15, 0.2) is 28.7 Å². The van der Waals surface area contributed by atoms with Crippen molar-refractivity contribution in [3.8, 4) is 0 Å². The molecule has 1 aliphatic heterocycles. The van der Waals surface area contributed by atoms with Gasteiger partial charge in [-0.15, -0.1) is 0 Å². The normalized spacial score (nSPS) is 17.8. The molecule has 0 saturated carbocycles. The van der Waals surface area contributed by atoms with Gasteiger partial charge >= 0.3 is 0 Å². The minimum Gasteiger partial charge on any atom is -0.198 e. The summed E-state index contributed by atoms with van der Waals surface area (Å²) in [5.41, 5.74) is 0.949. The van der Waals surface area contributed by atoms with E-state index in [1.165, 1.54) is 4.31 Å². The van der Waals surface area contributed by atoms with Gasteiger partial charge in [0.2, 0.25) is 0 Å². The molecule has 1 fully saturated rings. The minimum atomic E-state index is -3.33. The topological polar surface area (TPSA) is 49.4 Å². The van der Waals surface area contributed by atoms with E-state index < -0.39 is 10.2 Å². The van der Waals surface area contributed by atoms with Gasteiger partial charge in [0.15, 0.2) is 0 Å². The van der Waals surface area contributed by atoms with Crippen molar-refractivity contribution in [3.05, 3.63) is 34.3 Å². The molecule has 18 heavy (non-hydrogen) atoms. The van der Waals surface area contributed by atoms with Crippen molar-refractivity contribution in [2.45, 2.75) is 25.8 Å². The second-order valence-corrected chi connectivity index (χ2v) is 7.09. The lowest BCUT2D eigenvalue weighted by atomic mass is 10.2. The molecule has 100 valence electrons. The fraction of sp³-hybridized carbons (Fsp3) is 0.500. The summed E-state index contributed by atoms with van der Waals surface area (Å²) in [5, 5.41) is 0. The van der Waals surface area contributed by atoms with Gasteiger partial charge in [-0.25, -0.2) is 0 Å². The molecule has 0 spiro atoms. The highest BCUT2D eigenvalue weighted by molar-refractivity contribution is 9.10. The number of halogens is 1. The van der Waals surface area contributed by atoms with Crippen molar-refractivity contribution in [2.24, 2.45) is 0 Å². The Morgan fingerprint density at radius 2 is 1.94 bits per heavy atom. The van der Waals surface area contributed by atoms with Gasteiger partial charge in [-0.1, -0.05) is 34.5 Å². The summed E-state index contributed by atoms with van der Waals surface area (Å²) in [4.78, 5) is 0. The molecule has 6 heteroatoms. The molecule has 2 rings (SSSR count). The van der Waals surface area contributed by atoms with Crippen molar-refractivity contribution in [1.82, 2.24) is 9.03 Å². The highest BCUT2D eigenvalue weighted by Crippen LogP contribution is 2.14. The van der Waals surface area contributed by atoms with Crippen molar-refractivity contribution in [2.75, 3.05) is 13.1 Å². The van der Waals surface area contributed by atoms with E-state index in [1.807, 2.05) is 24.3 Å². The number of hydrogen-bond acceptors (Lipinski definition) is 2. The summed E-state index contributed by atoms with van der Waals surface area (Å²) >= 11 is 3.37. The summed E-state index contributed by atoms with van der Waals surface area (Å²) in [6.07, 6.45) is 3.03. The first-order valence-corrected chi connectivity index (χ1v) is 8.30. The fourth-order valence-electron chi connectivity index (χ4n) is 2.02. The molecule has 0 atom stereocenters. The van der Waals surface area contributed by atoms with Crippen LogP contribution in [0.3, 0.4) is 0 Å². The number of nitrogens with one attached hydrogen (secondary N) is 1. The Labute approximate surface area is 117 Å². The largest absolute Gasteiger partial charge is 0.279 e. The molecule has 0 aliphatic carbocycles. The van der Waals surface area contributed by atoms with Crippen LogP contribution in [-0.2, 0) is 16.8 Å². The van der Waals surface area contributed by atoms with E-state index in [2.05, 4.69) is 20.7 Å². The molecule has 0 amide bonds. The van der Waals surface area contributed by atoms with Crippen LogP contribution in [0.1, 0.15) is 24.8 Å². The standard InChI is InChI=1S/C12H17BrN2O2S/c13-12-6-4-5-11(9-12)10-14-18(16,17)15-7-2-1-3-8-15/h4-6,9,14H,1-3,7-8,10H2. The van der Waals surface area contributed by atoms with E-state index in [-0.39, 0.29) is 0 Å². The molecule has 1 aromatic rings. The van der Waals surface area contributed by atoms with E-state index >= 15 is 0 Å². The van der Waals surface area contributed by atoms with Crippen LogP contribution in [0.5, 0.6) is 0 Å². The predicted octanol–water partition coefficient (Wildman–Crippen LogP) is 2.27. The second-order valence-electron chi connectivity index (χ2n) is 4.42. The van der Waals surface area contributed by atoms with Gasteiger partial charge in [-0.3, -0.25) is 0 Å². The molecule has 1 N–H and O–H groups in total. The molecule has 1 heterocycles. The first-order chi connectivity index (χ1) is 8.58. The van der Waals surface area contributed by atoms with E-state index in [1.54, 1.807) is 0 Å². The van der Waals surface area contributed by atoms with Gasteiger partial charge in [0, 0.05) is 24.1 Å². The third-order valence-corrected chi connectivity index (χ3v) is 5.05. The smallest absolute Gasteiger partial charge is 0.198 e. The number of piperidine rings is 1. The average Bonchev–Trinajstić information content (AvgIpc) is 2.38. The number of nitrogens with zero attached hydrogens (tertiary/aromatic N) is 1. The maximum absolute atomic E-state index is 12.0. The Hall–Kier alpha value is -0.430. The third kappa shape index (κ3) is 3.78. The highest BCUT2D eigenvalue weighted by Gasteiger charge is 2.23. The van der Waals surface area contributed by atoms with Crippen LogP contribution in [0, 0.1) is 0 Å². The molecule has 1 saturated heterocycles. The van der Waals surface area contributed by atoms with Crippen LogP contribution in [0.25, 0.3) is 0 Å². The fourth-order valence-corrected chi connectivity index (χ4v) is 3.74. The summed E-state index contributed by atoms with van der Waals surface area (Å²) in [6.45, 7) is 1.60. The molecular weight excluding hydrogens is 316 g/mol. The third-order valence-electron chi connectivity index (χ3n) is 3.00. The monoisotopic (exact) mass is 332 g/mol. The van der Waals surface area contributed by atoms with Crippen molar-refractivity contribution < 1.29 is 8.42 Å². The van der Waals surface area contributed by atoms with Crippen LogP contribution in [-0.4, -0.2) is 25.8 Å². The Bertz CT molecular complexity index is 499. The van der Waals surface area contributed by atoms with E-state index in [9.17, 15) is 8.42 Å². The lowest BCUT2D eigenvalue weighted by molar-refractivity contribution is 0.341. The molecule has 1 aromatic carbocycles. The summed E-state index contributed by atoms with van der Waals surface area (Å²) < 4.78 is 29.2. The van der Waals surface area contributed by atoms with Gasteiger partial charge in [0.25, 0.3) is 10.2 Å². The van der Waals surface area contributed by atoms with E-state index in [0.29, 0.717) is 19.6 Å². The Kier molecular flexibility index (Phi) is 4.77. The zero-order valence-electron chi connectivity index (χ0n) is 10.1. The summed E-state index contributed by atoms with van der Waals surface area (Å²) in [6, 6.07) is 7.64. The second kappa shape index (κ2) is 6.14. The van der Waals surface area contributed by atoms with Crippen molar-refractivity contribution in [3.63, 3.8) is 0 Å². The maximum Gasteiger partial charge on any atom is 0.279 e. The molecule has 0 radical (unpaired) electrons. The average molecular weight is 333 g/mol. The van der Waals surface area contributed by atoms with Gasteiger partial charge in [-0.2, -0.15) is 17.4 Å². The zero-order chi connectivity index (χ0) is 13.0. The Morgan fingerprint density at radius 1 is 1.22 bits per heavy atom. The maximum atomic E-state index is 12.0. The van der Waals surface area contributed by atoms with Crippen LogP contribution >= 0.6 is 15.9 Å². The Morgan fingerprint density at radius 3 is 2.61 bits per heavy atom. The molecule has 0 aromatic heterocycles. The van der Waals surface area contributed by atoms with Gasteiger partial charge in [-0.05, 0) is 30.5 Å². The molecule has 0 unspecified atom stereocenters. The number of hydrogen-bond donors (Lipinski definition) is 1. The first kappa shape index (κ1) is 14.0. The first-order valence-electron chi connectivity index (χ1n) is 6.07. The van der Waals surface area contributed by atoms with Crippen molar-refractivity contribution in [1.29, 1.82) is 0 Å². The summed E-state index contributed by atoms with van der Waals surface area (Å²) in [5.74, 6) is 0. The van der Waals surface area contributed by atoms with Crippen molar-refractivity contribution >= 4 is 26.1 Å². The van der Waals surface area contributed by atoms with Crippen LogP contribution < -0.4 is 4.72 Å². The summed E-state index contributed by atoms with van der Waals surface area (Å²) in [7, 11) is -3.33. The number of benzene rings is 1. The molecular formula is C12H17BrN2O2S. The molecule has 0 bridgehead atoms. The lowest BCUT2D eigenvalue weighted by Crippen LogP contribution is -2.43. The van der Waals surface area contributed by atoms with Gasteiger partial charge in [0.05, 0.1) is 0 Å². The molecule has 1 aliphatic rings. The Balaban J connectivity index is 1.96. The van der Waals surface area contributed by atoms with Gasteiger partial charge < -0.3 is 0 Å². The van der Waals surface area contributed by atoms with Gasteiger partial charge in [0.1, 0.15) is 0 Å². The van der Waals surface area contributed by atoms with Crippen LogP contribution in [0.4, 0.5) is 0 Å².